The van der Waals surface area contributed by atoms with E-state index in [0.29, 0.717) is 34.1 Å². The van der Waals surface area contributed by atoms with Gasteiger partial charge in [0.25, 0.3) is 0 Å². The molecule has 150 valence electrons. The van der Waals surface area contributed by atoms with E-state index in [1.54, 1.807) is 25.4 Å². The number of methoxy groups -OCH3 is 1. The maximum Gasteiger partial charge on any atom is 0.170 e. The lowest BCUT2D eigenvalue weighted by atomic mass is 10.0. The van der Waals surface area contributed by atoms with Crippen LogP contribution in [0.3, 0.4) is 0 Å². The van der Waals surface area contributed by atoms with Gasteiger partial charge in [-0.2, -0.15) is 0 Å². The zero-order valence-corrected chi connectivity index (χ0v) is 18.0. The van der Waals surface area contributed by atoms with Crippen molar-refractivity contribution in [3.05, 3.63) is 76.2 Å². The molecule has 3 heterocycles. The Hall–Kier alpha value is -2.12. The van der Waals surface area contributed by atoms with Crippen LogP contribution in [0.2, 0.25) is 10.0 Å². The summed E-state index contributed by atoms with van der Waals surface area (Å²) in [7, 11) is 1.67. The molecule has 1 aliphatic rings. The SMILES string of the molecule is COCCN1C(=S)NC(c2ccccn2)C1c1ccc(-c2ccc(Cl)c(Cl)c2)o1. The van der Waals surface area contributed by atoms with E-state index in [1.165, 1.54) is 0 Å². The van der Waals surface area contributed by atoms with Crippen molar-refractivity contribution in [1.29, 1.82) is 0 Å². The lowest BCUT2D eigenvalue weighted by molar-refractivity contribution is 0.158. The summed E-state index contributed by atoms with van der Waals surface area (Å²) >= 11 is 17.8. The van der Waals surface area contributed by atoms with Crippen molar-refractivity contribution in [1.82, 2.24) is 15.2 Å². The van der Waals surface area contributed by atoms with E-state index in [0.717, 1.165) is 17.0 Å². The third-order valence-electron chi connectivity index (χ3n) is 4.86. The maximum absolute atomic E-state index is 6.25. The number of furan rings is 1. The minimum Gasteiger partial charge on any atom is -0.459 e. The van der Waals surface area contributed by atoms with Crippen molar-refractivity contribution in [3.8, 4) is 11.3 Å². The molecule has 0 saturated carbocycles. The number of aromatic nitrogens is 1. The van der Waals surface area contributed by atoms with E-state index in [1.807, 2.05) is 36.4 Å². The van der Waals surface area contributed by atoms with Gasteiger partial charge in [0.05, 0.1) is 28.4 Å². The van der Waals surface area contributed by atoms with Crippen molar-refractivity contribution < 1.29 is 9.15 Å². The molecule has 2 atom stereocenters. The van der Waals surface area contributed by atoms with Crippen molar-refractivity contribution >= 4 is 40.5 Å². The smallest absolute Gasteiger partial charge is 0.170 e. The Balaban J connectivity index is 1.71. The standard InChI is InChI=1S/C21H19Cl2N3O2S/c1-27-11-10-26-20(19(25-21(26)29)16-4-2-3-9-24-16)18-8-7-17(28-18)13-5-6-14(22)15(23)12-13/h2-9,12,19-20H,10-11H2,1H3,(H,25,29). The van der Waals surface area contributed by atoms with Crippen LogP contribution in [0.1, 0.15) is 23.5 Å². The van der Waals surface area contributed by atoms with Crippen LogP contribution in [-0.4, -0.2) is 35.3 Å². The second-order valence-electron chi connectivity index (χ2n) is 6.64. The molecule has 2 aromatic heterocycles. The second-order valence-corrected chi connectivity index (χ2v) is 7.84. The molecule has 5 nitrogen and oxygen atoms in total. The normalized spacial score (nSPS) is 18.9. The predicted octanol–water partition coefficient (Wildman–Crippen LogP) is 5.27. The van der Waals surface area contributed by atoms with E-state index in [2.05, 4.69) is 15.2 Å². The third kappa shape index (κ3) is 4.12. The van der Waals surface area contributed by atoms with Crippen LogP contribution in [0.5, 0.6) is 0 Å². The Morgan fingerprint density at radius 3 is 2.76 bits per heavy atom. The van der Waals surface area contributed by atoms with E-state index in [9.17, 15) is 0 Å². The van der Waals surface area contributed by atoms with Gasteiger partial charge in [-0.15, -0.1) is 0 Å². The minimum absolute atomic E-state index is 0.131. The van der Waals surface area contributed by atoms with Crippen LogP contribution in [0.25, 0.3) is 11.3 Å². The fraction of sp³-hybridized carbons (Fsp3) is 0.238. The van der Waals surface area contributed by atoms with Gasteiger partial charge in [0.1, 0.15) is 17.6 Å². The number of halogens is 2. The third-order valence-corrected chi connectivity index (χ3v) is 5.95. The highest BCUT2D eigenvalue weighted by Crippen LogP contribution is 2.40. The number of nitrogens with one attached hydrogen (secondary N) is 1. The van der Waals surface area contributed by atoms with Crippen molar-refractivity contribution in [2.24, 2.45) is 0 Å². The Morgan fingerprint density at radius 1 is 1.17 bits per heavy atom. The molecule has 8 heteroatoms. The molecule has 1 N–H and O–H groups in total. The van der Waals surface area contributed by atoms with Gasteiger partial charge >= 0.3 is 0 Å². The summed E-state index contributed by atoms with van der Waals surface area (Å²) in [5.74, 6) is 1.49. The first kappa shape index (κ1) is 20.2. The molecule has 4 rings (SSSR count). The molecule has 0 spiro atoms. The molecule has 0 amide bonds. The van der Waals surface area contributed by atoms with Gasteiger partial charge in [-0.3, -0.25) is 4.98 Å². The highest BCUT2D eigenvalue weighted by Gasteiger charge is 2.41. The van der Waals surface area contributed by atoms with Gasteiger partial charge in [-0.1, -0.05) is 29.3 Å². The van der Waals surface area contributed by atoms with Crippen molar-refractivity contribution in [3.63, 3.8) is 0 Å². The monoisotopic (exact) mass is 447 g/mol. The zero-order valence-electron chi connectivity index (χ0n) is 15.6. The second kappa shape index (κ2) is 8.71. The Bertz CT molecular complexity index is 1010. The Labute approximate surface area is 184 Å². The first-order chi connectivity index (χ1) is 14.1. The van der Waals surface area contributed by atoms with Crippen LogP contribution in [-0.2, 0) is 4.74 Å². The fourth-order valence-electron chi connectivity index (χ4n) is 3.46. The molecule has 29 heavy (non-hydrogen) atoms. The average Bonchev–Trinajstić information content (AvgIpc) is 3.34. The summed E-state index contributed by atoms with van der Waals surface area (Å²) in [6, 6.07) is 14.9. The minimum atomic E-state index is -0.149. The molecule has 0 bridgehead atoms. The number of rotatable bonds is 6. The topological polar surface area (TPSA) is 50.5 Å². The van der Waals surface area contributed by atoms with E-state index in [4.69, 9.17) is 44.6 Å². The molecule has 1 saturated heterocycles. The predicted molar refractivity (Wildman–Crippen MR) is 118 cm³/mol. The number of thiocarbonyl (C=S) groups is 1. The summed E-state index contributed by atoms with van der Waals surface area (Å²) in [5.41, 5.74) is 1.75. The molecular weight excluding hydrogens is 429 g/mol. The highest BCUT2D eigenvalue weighted by molar-refractivity contribution is 7.80. The summed E-state index contributed by atoms with van der Waals surface area (Å²) in [6.45, 7) is 1.19. The first-order valence-electron chi connectivity index (χ1n) is 9.10. The molecule has 1 fully saturated rings. The largest absolute Gasteiger partial charge is 0.459 e. The first-order valence-corrected chi connectivity index (χ1v) is 10.3. The van der Waals surface area contributed by atoms with Crippen molar-refractivity contribution in [2.45, 2.75) is 12.1 Å². The number of hydrogen-bond donors (Lipinski definition) is 1. The lowest BCUT2D eigenvalue weighted by Gasteiger charge is -2.25. The number of nitrogens with zero attached hydrogens (tertiary/aromatic N) is 2. The molecule has 3 aromatic rings. The molecule has 2 unspecified atom stereocenters. The number of ether oxygens (including phenoxy) is 1. The van der Waals surface area contributed by atoms with Crippen LogP contribution in [0.15, 0.2) is 59.1 Å². The fourth-order valence-corrected chi connectivity index (χ4v) is 4.09. The summed E-state index contributed by atoms with van der Waals surface area (Å²) in [4.78, 5) is 6.60. The maximum atomic E-state index is 6.25. The molecule has 0 radical (unpaired) electrons. The quantitative estimate of drug-likeness (QED) is 0.519. The van der Waals surface area contributed by atoms with E-state index >= 15 is 0 Å². The number of hydrogen-bond acceptors (Lipinski definition) is 4. The van der Waals surface area contributed by atoms with E-state index in [-0.39, 0.29) is 12.1 Å². The Morgan fingerprint density at radius 2 is 2.03 bits per heavy atom. The molecular formula is C21H19Cl2N3O2S. The van der Waals surface area contributed by atoms with E-state index < -0.39 is 0 Å². The van der Waals surface area contributed by atoms with Crippen molar-refractivity contribution in [2.75, 3.05) is 20.3 Å². The summed E-state index contributed by atoms with van der Waals surface area (Å²) < 4.78 is 11.5. The van der Waals surface area contributed by atoms with Gasteiger partial charge in [0.2, 0.25) is 0 Å². The van der Waals surface area contributed by atoms with Gasteiger partial charge in [-0.05, 0) is 54.7 Å². The van der Waals surface area contributed by atoms with Gasteiger partial charge < -0.3 is 19.4 Å². The average molecular weight is 448 g/mol. The number of benzene rings is 1. The summed E-state index contributed by atoms with van der Waals surface area (Å²) in [6.07, 6.45) is 1.78. The zero-order chi connectivity index (χ0) is 20.4. The van der Waals surface area contributed by atoms with Crippen LogP contribution in [0, 0.1) is 0 Å². The van der Waals surface area contributed by atoms with Crippen LogP contribution < -0.4 is 5.32 Å². The highest BCUT2D eigenvalue weighted by atomic mass is 35.5. The Kier molecular flexibility index (Phi) is 6.06. The van der Waals surface area contributed by atoms with Crippen LogP contribution in [0.4, 0.5) is 0 Å². The summed E-state index contributed by atoms with van der Waals surface area (Å²) in [5, 5.41) is 5.03. The van der Waals surface area contributed by atoms with Gasteiger partial charge in [0, 0.05) is 25.4 Å². The van der Waals surface area contributed by atoms with Gasteiger partial charge in [0.15, 0.2) is 5.11 Å². The molecule has 1 aromatic carbocycles. The van der Waals surface area contributed by atoms with Crippen LogP contribution >= 0.6 is 35.4 Å². The van der Waals surface area contributed by atoms with Gasteiger partial charge in [-0.25, -0.2) is 0 Å². The lowest BCUT2D eigenvalue weighted by Crippen LogP contribution is -2.32. The molecule has 1 aliphatic heterocycles. The number of pyridine rings is 1. The molecule has 0 aliphatic carbocycles.